The Bertz CT molecular complexity index is 966. The van der Waals surface area contributed by atoms with Gasteiger partial charge in [0.1, 0.15) is 10.7 Å². The van der Waals surface area contributed by atoms with E-state index in [1.54, 1.807) is 24.0 Å². The zero-order valence-electron chi connectivity index (χ0n) is 15.2. The van der Waals surface area contributed by atoms with Gasteiger partial charge in [-0.25, -0.2) is 9.78 Å². The van der Waals surface area contributed by atoms with Crippen LogP contribution in [0.25, 0.3) is 0 Å². The lowest BCUT2D eigenvalue weighted by atomic mass is 10.1. The van der Waals surface area contributed by atoms with Crippen LogP contribution in [0.15, 0.2) is 70.4 Å². The molecule has 4 rings (SSSR count). The summed E-state index contributed by atoms with van der Waals surface area (Å²) in [5, 5.41) is 0.645. The van der Waals surface area contributed by atoms with E-state index in [1.165, 1.54) is 16.7 Å². The van der Waals surface area contributed by atoms with Crippen molar-refractivity contribution in [3.63, 3.8) is 0 Å². The van der Waals surface area contributed by atoms with Crippen molar-refractivity contribution in [2.45, 2.75) is 23.2 Å². The van der Waals surface area contributed by atoms with Crippen molar-refractivity contribution < 1.29 is 19.2 Å². The highest BCUT2D eigenvalue weighted by molar-refractivity contribution is 8.06. The van der Waals surface area contributed by atoms with Crippen molar-refractivity contribution in [3.05, 3.63) is 70.9 Å². The first kappa shape index (κ1) is 19.5. The summed E-state index contributed by atoms with van der Waals surface area (Å²) in [4.78, 5) is 48.4. The number of β-lactam (4-membered cyclic amide) rings is 1. The van der Waals surface area contributed by atoms with Gasteiger partial charge < -0.3 is 4.84 Å². The summed E-state index contributed by atoms with van der Waals surface area (Å²) in [6.07, 6.45) is 2.14. The van der Waals surface area contributed by atoms with Gasteiger partial charge >= 0.3 is 5.97 Å². The van der Waals surface area contributed by atoms with Gasteiger partial charge in [0.15, 0.2) is 0 Å². The van der Waals surface area contributed by atoms with Crippen molar-refractivity contribution in [1.82, 2.24) is 15.4 Å². The summed E-state index contributed by atoms with van der Waals surface area (Å²) in [7, 11) is 0. The fourth-order valence-electron chi connectivity index (χ4n) is 2.96. The average Bonchev–Trinajstić information content (AvgIpc) is 2.73. The molecule has 3 heterocycles. The number of hydroxylamine groups is 1. The number of nitrogens with one attached hydrogen (secondary N) is 1. The Morgan fingerprint density at radius 1 is 1.21 bits per heavy atom. The predicted molar refractivity (Wildman–Crippen MR) is 109 cm³/mol. The Balaban J connectivity index is 1.48. The summed E-state index contributed by atoms with van der Waals surface area (Å²) >= 11 is 2.91. The molecule has 1 atom stereocenters. The number of hydrogen-bond acceptors (Lipinski definition) is 7. The van der Waals surface area contributed by atoms with Crippen LogP contribution in [0.3, 0.4) is 0 Å². The number of hydrogen-bond donors (Lipinski definition) is 1. The molecule has 1 aromatic heterocycles. The molecule has 148 valence electrons. The van der Waals surface area contributed by atoms with Crippen molar-refractivity contribution in [2.75, 3.05) is 5.75 Å². The van der Waals surface area contributed by atoms with Gasteiger partial charge in [-0.1, -0.05) is 48.2 Å². The van der Waals surface area contributed by atoms with Gasteiger partial charge in [0.2, 0.25) is 5.91 Å². The van der Waals surface area contributed by atoms with Crippen molar-refractivity contribution in [1.29, 1.82) is 0 Å². The molecular weight excluding hydrogens is 410 g/mol. The molecule has 0 radical (unpaired) electrons. The highest BCUT2D eigenvalue weighted by Gasteiger charge is 2.46. The normalized spacial score (nSPS) is 18.0. The third-order valence-corrected chi connectivity index (χ3v) is 6.78. The maximum Gasteiger partial charge on any atom is 0.380 e. The molecule has 1 aromatic carbocycles. The van der Waals surface area contributed by atoms with Crippen LogP contribution in [0.4, 0.5) is 0 Å². The summed E-state index contributed by atoms with van der Waals surface area (Å²) in [6, 6.07) is 14.6. The Kier molecular flexibility index (Phi) is 5.86. The summed E-state index contributed by atoms with van der Waals surface area (Å²) in [6.45, 7) is 0. The minimum Gasteiger partial charge on any atom is -0.334 e. The van der Waals surface area contributed by atoms with Gasteiger partial charge in [0, 0.05) is 16.9 Å². The first-order valence-corrected chi connectivity index (χ1v) is 10.8. The highest BCUT2D eigenvalue weighted by atomic mass is 32.2. The number of fused-ring (bicyclic) bond motifs is 1. The number of carbonyl (C=O) groups is 3. The second kappa shape index (κ2) is 8.71. The number of amides is 2. The number of benzene rings is 1. The quantitative estimate of drug-likeness (QED) is 0.579. The maximum atomic E-state index is 12.8. The van der Waals surface area contributed by atoms with Crippen LogP contribution in [0.5, 0.6) is 0 Å². The van der Waals surface area contributed by atoms with Gasteiger partial charge in [-0.15, -0.1) is 11.8 Å². The molecule has 0 spiro atoms. The van der Waals surface area contributed by atoms with Crippen molar-refractivity contribution >= 4 is 41.3 Å². The number of thioether (sulfide) groups is 2. The molecule has 7 nitrogen and oxygen atoms in total. The van der Waals surface area contributed by atoms with E-state index in [2.05, 4.69) is 10.5 Å². The second-order valence-corrected chi connectivity index (χ2v) is 8.63. The highest BCUT2D eigenvalue weighted by Crippen LogP contribution is 2.44. The van der Waals surface area contributed by atoms with Crippen molar-refractivity contribution in [2.24, 2.45) is 0 Å². The van der Waals surface area contributed by atoms with E-state index in [-0.39, 0.29) is 23.4 Å². The zero-order valence-corrected chi connectivity index (χ0v) is 16.9. The molecule has 0 aliphatic carbocycles. The van der Waals surface area contributed by atoms with Crippen LogP contribution < -0.4 is 5.48 Å². The molecule has 2 aliphatic heterocycles. The zero-order chi connectivity index (χ0) is 20.2. The SMILES string of the molecule is O=C(Cc1ccccc1)NOC(=O)C1=C(Sc2ccccn2)CS[C@H]2CC(=O)N12. The number of nitrogens with zero attached hydrogens (tertiary/aromatic N) is 2. The lowest BCUT2D eigenvalue weighted by Gasteiger charge is -2.43. The summed E-state index contributed by atoms with van der Waals surface area (Å²) < 4.78 is 0. The van der Waals surface area contributed by atoms with E-state index in [1.807, 2.05) is 42.5 Å². The number of aromatic nitrogens is 1. The van der Waals surface area contributed by atoms with E-state index in [0.717, 1.165) is 5.56 Å². The van der Waals surface area contributed by atoms with E-state index in [9.17, 15) is 14.4 Å². The van der Waals surface area contributed by atoms with Gasteiger partial charge in [0.25, 0.3) is 5.91 Å². The van der Waals surface area contributed by atoms with Gasteiger partial charge in [-0.2, -0.15) is 5.48 Å². The standard InChI is InChI=1S/C20H17N3O4S2/c24-15(10-13-6-2-1-3-7-13)22-27-20(26)19-14(29-16-8-4-5-9-21-16)12-28-18-11-17(25)23(18)19/h1-9,18H,10-12H2,(H,22,24)/t18-/m0/s1. The Hall–Kier alpha value is -2.78. The first-order chi connectivity index (χ1) is 14.1. The lowest BCUT2D eigenvalue weighted by Crippen LogP contribution is -2.54. The summed E-state index contributed by atoms with van der Waals surface area (Å²) in [5.74, 6) is -0.759. The van der Waals surface area contributed by atoms with Gasteiger partial charge in [-0.05, 0) is 17.7 Å². The molecule has 2 aromatic rings. The third kappa shape index (κ3) is 4.46. The van der Waals surface area contributed by atoms with Gasteiger partial charge in [-0.3, -0.25) is 14.5 Å². The smallest absolute Gasteiger partial charge is 0.334 e. The van der Waals surface area contributed by atoms with Crippen LogP contribution in [0.1, 0.15) is 12.0 Å². The molecule has 0 bridgehead atoms. The second-order valence-electron chi connectivity index (χ2n) is 6.35. The first-order valence-electron chi connectivity index (χ1n) is 8.91. The van der Waals surface area contributed by atoms with E-state index in [0.29, 0.717) is 22.1 Å². The van der Waals surface area contributed by atoms with Crippen LogP contribution in [-0.4, -0.2) is 38.8 Å². The average molecular weight is 428 g/mol. The number of carbonyl (C=O) groups excluding carboxylic acids is 3. The van der Waals surface area contributed by atoms with Crippen LogP contribution in [0, 0.1) is 0 Å². The van der Waals surface area contributed by atoms with Crippen LogP contribution in [-0.2, 0) is 25.6 Å². The Morgan fingerprint density at radius 3 is 2.72 bits per heavy atom. The van der Waals surface area contributed by atoms with E-state index in [4.69, 9.17) is 4.84 Å². The molecule has 29 heavy (non-hydrogen) atoms. The minimum absolute atomic E-state index is 0.0712. The molecule has 9 heteroatoms. The fraction of sp³-hybridized carbons (Fsp3) is 0.200. The van der Waals surface area contributed by atoms with Crippen molar-refractivity contribution in [3.8, 4) is 0 Å². The summed E-state index contributed by atoms with van der Waals surface area (Å²) in [5.41, 5.74) is 3.18. The fourth-order valence-corrected chi connectivity index (χ4v) is 5.30. The largest absolute Gasteiger partial charge is 0.380 e. The number of pyridine rings is 1. The molecule has 2 aliphatic rings. The minimum atomic E-state index is -0.747. The third-order valence-electron chi connectivity index (χ3n) is 4.34. The maximum absolute atomic E-state index is 12.8. The molecule has 2 amide bonds. The topological polar surface area (TPSA) is 88.6 Å². The van der Waals surface area contributed by atoms with Crippen LogP contribution >= 0.6 is 23.5 Å². The number of rotatable bonds is 5. The Labute approximate surface area is 175 Å². The molecule has 0 saturated carbocycles. The monoisotopic (exact) mass is 427 g/mol. The van der Waals surface area contributed by atoms with Gasteiger partial charge in [0.05, 0.1) is 18.2 Å². The van der Waals surface area contributed by atoms with Crippen LogP contribution in [0.2, 0.25) is 0 Å². The molecule has 1 saturated heterocycles. The lowest BCUT2D eigenvalue weighted by molar-refractivity contribution is -0.158. The molecule has 1 fully saturated rings. The predicted octanol–water partition coefficient (Wildman–Crippen LogP) is 2.51. The molecular formula is C20H17N3O4S2. The molecule has 0 unspecified atom stereocenters. The molecule has 1 N–H and O–H groups in total. The van der Waals surface area contributed by atoms with E-state index >= 15 is 0 Å². The Morgan fingerprint density at radius 2 is 2.00 bits per heavy atom. The van der Waals surface area contributed by atoms with E-state index < -0.39 is 11.9 Å².